The van der Waals surface area contributed by atoms with E-state index in [0.29, 0.717) is 25.8 Å². The summed E-state index contributed by atoms with van der Waals surface area (Å²) in [4.78, 5) is 16.5. The van der Waals surface area contributed by atoms with Crippen LogP contribution in [0.3, 0.4) is 0 Å². The van der Waals surface area contributed by atoms with Gasteiger partial charge in [0.25, 0.3) is 5.91 Å². The van der Waals surface area contributed by atoms with E-state index in [9.17, 15) is 18.0 Å². The second kappa shape index (κ2) is 7.09. The molecule has 0 unspecified atom stereocenters. The van der Waals surface area contributed by atoms with Crippen molar-refractivity contribution in [2.24, 2.45) is 0 Å². The molecule has 0 fully saturated rings. The standard InChI is InChI=1S/C18H9Cl2F3N4O2/c19-9-1-4-11(5-2-9)27-15(18(21,22)23)12(8-24-27)16(28)26-17-25-13-7-10(20)3-6-14(13)29-17/h1-8H,(H,25,26,28). The molecule has 0 radical (unpaired) electrons. The molecule has 4 aromatic rings. The molecule has 1 amide bonds. The van der Waals surface area contributed by atoms with E-state index in [1.165, 1.54) is 36.4 Å². The van der Waals surface area contributed by atoms with Crippen LogP contribution < -0.4 is 5.32 Å². The van der Waals surface area contributed by atoms with Crippen molar-refractivity contribution in [1.29, 1.82) is 0 Å². The topological polar surface area (TPSA) is 73.0 Å². The number of halogens is 5. The zero-order chi connectivity index (χ0) is 20.8. The van der Waals surface area contributed by atoms with E-state index in [1.54, 1.807) is 6.07 Å². The number of oxazole rings is 1. The van der Waals surface area contributed by atoms with E-state index in [0.717, 1.165) is 6.20 Å². The van der Waals surface area contributed by atoms with Crippen LogP contribution in [0, 0.1) is 0 Å². The van der Waals surface area contributed by atoms with Crippen molar-refractivity contribution in [3.63, 3.8) is 0 Å². The molecule has 2 aromatic carbocycles. The molecule has 0 spiro atoms. The smallest absolute Gasteiger partial charge is 0.423 e. The summed E-state index contributed by atoms with van der Waals surface area (Å²) in [6, 6.07) is 9.87. The number of alkyl halides is 3. The van der Waals surface area contributed by atoms with Gasteiger partial charge in [-0.3, -0.25) is 10.1 Å². The van der Waals surface area contributed by atoms with Gasteiger partial charge in [-0.25, -0.2) is 4.68 Å². The average Bonchev–Trinajstić information content (AvgIpc) is 3.25. The van der Waals surface area contributed by atoms with Crippen molar-refractivity contribution in [2.75, 3.05) is 5.32 Å². The number of rotatable bonds is 3. The lowest BCUT2D eigenvalue weighted by Crippen LogP contribution is -2.20. The first-order chi connectivity index (χ1) is 13.7. The first kappa shape index (κ1) is 19.3. The number of anilines is 1. The minimum atomic E-state index is -4.85. The van der Waals surface area contributed by atoms with Crippen LogP contribution in [0.5, 0.6) is 0 Å². The Balaban J connectivity index is 1.71. The van der Waals surface area contributed by atoms with Crippen molar-refractivity contribution in [3.8, 4) is 5.69 Å². The molecule has 148 valence electrons. The van der Waals surface area contributed by atoms with E-state index < -0.39 is 23.3 Å². The molecule has 0 saturated carbocycles. The lowest BCUT2D eigenvalue weighted by molar-refractivity contribution is -0.143. The fourth-order valence-corrected chi connectivity index (χ4v) is 2.98. The van der Waals surface area contributed by atoms with Crippen molar-refractivity contribution in [3.05, 3.63) is 70.0 Å². The Morgan fingerprint density at radius 3 is 2.45 bits per heavy atom. The Labute approximate surface area is 170 Å². The zero-order valence-electron chi connectivity index (χ0n) is 14.2. The molecule has 0 atom stereocenters. The van der Waals surface area contributed by atoms with Crippen LogP contribution in [-0.2, 0) is 6.18 Å². The molecule has 0 bridgehead atoms. The first-order valence-electron chi connectivity index (χ1n) is 8.01. The van der Waals surface area contributed by atoms with Crippen LogP contribution in [0.25, 0.3) is 16.8 Å². The number of aromatic nitrogens is 3. The number of hydrogen-bond acceptors (Lipinski definition) is 4. The van der Waals surface area contributed by atoms with Crippen molar-refractivity contribution >= 4 is 46.2 Å². The normalized spacial score (nSPS) is 11.8. The summed E-state index contributed by atoms with van der Waals surface area (Å²) in [5.74, 6) is -1.07. The van der Waals surface area contributed by atoms with E-state index in [2.05, 4.69) is 15.4 Å². The second-order valence-corrected chi connectivity index (χ2v) is 6.75. The average molecular weight is 441 g/mol. The third kappa shape index (κ3) is 3.79. The number of nitrogens with one attached hydrogen (secondary N) is 1. The summed E-state index contributed by atoms with van der Waals surface area (Å²) in [6.45, 7) is 0. The van der Waals surface area contributed by atoms with Crippen LogP contribution in [0.1, 0.15) is 16.1 Å². The number of fused-ring (bicyclic) bond motifs is 1. The molecule has 0 aliphatic heterocycles. The Kier molecular flexibility index (Phi) is 4.71. The van der Waals surface area contributed by atoms with E-state index in [-0.39, 0.29) is 11.7 Å². The Hall–Kier alpha value is -3.04. The van der Waals surface area contributed by atoms with Gasteiger partial charge in [-0.15, -0.1) is 0 Å². The highest BCUT2D eigenvalue weighted by molar-refractivity contribution is 6.31. The summed E-state index contributed by atoms with van der Waals surface area (Å²) in [5, 5.41) is 6.69. The van der Waals surface area contributed by atoms with Gasteiger partial charge in [0.2, 0.25) is 0 Å². The highest BCUT2D eigenvalue weighted by atomic mass is 35.5. The monoisotopic (exact) mass is 440 g/mol. The van der Waals surface area contributed by atoms with Crippen LogP contribution in [-0.4, -0.2) is 20.7 Å². The number of nitrogens with zero attached hydrogens (tertiary/aromatic N) is 3. The minimum absolute atomic E-state index is 0.0947. The third-order valence-electron chi connectivity index (χ3n) is 3.92. The van der Waals surface area contributed by atoms with Gasteiger partial charge in [0.1, 0.15) is 5.52 Å². The van der Waals surface area contributed by atoms with Crippen molar-refractivity contribution in [2.45, 2.75) is 6.18 Å². The molecule has 4 rings (SSSR count). The largest absolute Gasteiger partial charge is 0.434 e. The maximum atomic E-state index is 13.7. The zero-order valence-corrected chi connectivity index (χ0v) is 15.7. The maximum absolute atomic E-state index is 13.7. The van der Waals surface area contributed by atoms with Crippen LogP contribution >= 0.6 is 23.2 Å². The van der Waals surface area contributed by atoms with E-state index in [4.69, 9.17) is 27.6 Å². The minimum Gasteiger partial charge on any atom is -0.423 e. The lowest BCUT2D eigenvalue weighted by Gasteiger charge is -2.12. The quantitative estimate of drug-likeness (QED) is 0.450. The maximum Gasteiger partial charge on any atom is 0.434 e. The number of amides is 1. The SMILES string of the molecule is O=C(Nc1nc2cc(Cl)ccc2o1)c1cnn(-c2ccc(Cl)cc2)c1C(F)(F)F. The Morgan fingerprint density at radius 1 is 1.07 bits per heavy atom. The van der Waals surface area contributed by atoms with Gasteiger partial charge in [0, 0.05) is 10.0 Å². The molecule has 11 heteroatoms. The summed E-state index contributed by atoms with van der Waals surface area (Å²) in [7, 11) is 0. The molecular weight excluding hydrogens is 432 g/mol. The Bertz CT molecular complexity index is 1220. The van der Waals surface area contributed by atoms with Crippen LogP contribution in [0.15, 0.2) is 53.1 Å². The molecule has 2 heterocycles. The molecule has 1 N–H and O–H groups in total. The third-order valence-corrected chi connectivity index (χ3v) is 4.41. The highest BCUT2D eigenvalue weighted by Crippen LogP contribution is 2.34. The van der Waals surface area contributed by atoms with Crippen LogP contribution in [0.2, 0.25) is 10.0 Å². The molecular formula is C18H9Cl2F3N4O2. The van der Waals surface area contributed by atoms with Gasteiger partial charge in [-0.1, -0.05) is 23.2 Å². The number of carbonyl (C=O) groups is 1. The molecule has 0 saturated heterocycles. The first-order valence-corrected chi connectivity index (χ1v) is 8.76. The van der Waals surface area contributed by atoms with Gasteiger partial charge in [0.05, 0.1) is 17.4 Å². The summed E-state index contributed by atoms with van der Waals surface area (Å²) < 4.78 is 47.0. The van der Waals surface area contributed by atoms with E-state index >= 15 is 0 Å². The van der Waals surface area contributed by atoms with Gasteiger partial charge < -0.3 is 4.42 Å². The second-order valence-electron chi connectivity index (χ2n) is 5.88. The highest BCUT2D eigenvalue weighted by Gasteiger charge is 2.40. The molecule has 29 heavy (non-hydrogen) atoms. The fraction of sp³-hybridized carbons (Fsp3) is 0.0556. The van der Waals surface area contributed by atoms with E-state index in [1.807, 2.05) is 0 Å². The molecule has 0 aliphatic carbocycles. The van der Waals surface area contributed by atoms with Gasteiger partial charge in [-0.05, 0) is 42.5 Å². The number of hydrogen-bond donors (Lipinski definition) is 1. The predicted octanol–water partition coefficient (Wildman–Crippen LogP) is 5.59. The number of carbonyl (C=O) groups excluding carboxylic acids is 1. The van der Waals surface area contributed by atoms with Gasteiger partial charge in [-0.2, -0.15) is 23.3 Å². The van der Waals surface area contributed by atoms with Gasteiger partial charge >= 0.3 is 12.2 Å². The summed E-state index contributed by atoms with van der Waals surface area (Å²) in [6.07, 6.45) is -4.02. The fourth-order valence-electron chi connectivity index (χ4n) is 2.68. The molecule has 2 aromatic heterocycles. The predicted molar refractivity (Wildman–Crippen MR) is 101 cm³/mol. The summed E-state index contributed by atoms with van der Waals surface area (Å²) >= 11 is 11.6. The van der Waals surface area contributed by atoms with Crippen LogP contribution in [0.4, 0.5) is 19.2 Å². The molecule has 0 aliphatic rings. The van der Waals surface area contributed by atoms with Crippen molar-refractivity contribution in [1.82, 2.24) is 14.8 Å². The lowest BCUT2D eigenvalue weighted by atomic mass is 10.2. The van der Waals surface area contributed by atoms with Gasteiger partial charge in [0.15, 0.2) is 11.3 Å². The Morgan fingerprint density at radius 2 is 1.76 bits per heavy atom. The van der Waals surface area contributed by atoms with Crippen molar-refractivity contribution < 1.29 is 22.4 Å². The molecule has 6 nitrogen and oxygen atoms in total. The number of benzene rings is 2. The summed E-state index contributed by atoms with van der Waals surface area (Å²) in [5.41, 5.74) is -1.17.